The van der Waals surface area contributed by atoms with Gasteiger partial charge in [0.15, 0.2) is 5.43 Å². The van der Waals surface area contributed by atoms with E-state index < -0.39 is 11.8 Å². The van der Waals surface area contributed by atoms with Crippen LogP contribution in [0.15, 0.2) is 21.6 Å². The Labute approximate surface area is 88.7 Å². The molecule has 0 radical (unpaired) electrons. The van der Waals surface area contributed by atoms with Gasteiger partial charge in [0.05, 0.1) is 0 Å². The number of carboxylic acids is 1. The summed E-state index contributed by atoms with van der Waals surface area (Å²) in [7, 11) is 0. The molecule has 2 aromatic rings. The van der Waals surface area contributed by atoms with E-state index in [1.54, 1.807) is 6.92 Å². The van der Waals surface area contributed by atoms with E-state index >= 15 is 0 Å². The van der Waals surface area contributed by atoms with Gasteiger partial charge in [-0.05, 0) is 12.1 Å². The lowest BCUT2D eigenvalue weighted by atomic mass is 10.2. The molecule has 2 rings (SSSR count). The molecule has 2 N–H and O–H groups in total. The molecule has 0 unspecified atom stereocenters. The number of pyridine rings is 1. The van der Waals surface area contributed by atoms with Crippen molar-refractivity contribution in [2.45, 2.75) is 6.92 Å². The highest BCUT2D eigenvalue weighted by Crippen LogP contribution is 2.11. The number of hydrogen-bond acceptors (Lipinski definition) is 5. The number of H-pyrrole nitrogens is 1. The Balaban J connectivity index is 2.51. The molecule has 7 nitrogen and oxygen atoms in total. The largest absolute Gasteiger partial charge is 0.475 e. The van der Waals surface area contributed by atoms with Crippen LogP contribution in [0.2, 0.25) is 0 Å². The Morgan fingerprint density at radius 1 is 1.56 bits per heavy atom. The Morgan fingerprint density at radius 2 is 2.31 bits per heavy atom. The summed E-state index contributed by atoms with van der Waals surface area (Å²) in [5.41, 5.74) is 0.522. The van der Waals surface area contributed by atoms with Crippen LogP contribution >= 0.6 is 0 Å². The van der Waals surface area contributed by atoms with Gasteiger partial charge >= 0.3 is 5.97 Å². The third kappa shape index (κ3) is 1.70. The first-order valence-electron chi connectivity index (χ1n) is 4.34. The SMILES string of the molecule is Cc1cc(=O)c(-c2nc(C(=O)O)no2)c[nH]1. The van der Waals surface area contributed by atoms with Gasteiger partial charge < -0.3 is 14.6 Å². The third-order valence-electron chi connectivity index (χ3n) is 1.90. The number of aromatic nitrogens is 3. The maximum absolute atomic E-state index is 11.5. The van der Waals surface area contributed by atoms with E-state index in [0.717, 1.165) is 0 Å². The molecule has 0 saturated heterocycles. The van der Waals surface area contributed by atoms with Gasteiger partial charge in [0.25, 0.3) is 11.7 Å². The lowest BCUT2D eigenvalue weighted by Crippen LogP contribution is -2.05. The number of aromatic carboxylic acids is 1. The second-order valence-electron chi connectivity index (χ2n) is 3.12. The van der Waals surface area contributed by atoms with Crippen LogP contribution in [0.1, 0.15) is 16.3 Å². The minimum atomic E-state index is -1.31. The smallest absolute Gasteiger partial charge is 0.377 e. The van der Waals surface area contributed by atoms with Gasteiger partial charge in [0, 0.05) is 18.0 Å². The number of hydrogen-bond donors (Lipinski definition) is 2. The van der Waals surface area contributed by atoms with Crippen LogP contribution in [0.3, 0.4) is 0 Å². The van der Waals surface area contributed by atoms with Crippen LogP contribution in [0.25, 0.3) is 11.5 Å². The zero-order valence-corrected chi connectivity index (χ0v) is 8.22. The zero-order valence-electron chi connectivity index (χ0n) is 8.22. The van der Waals surface area contributed by atoms with Crippen molar-refractivity contribution in [3.05, 3.63) is 34.0 Å². The van der Waals surface area contributed by atoms with Gasteiger partial charge in [0.1, 0.15) is 5.56 Å². The van der Waals surface area contributed by atoms with Crippen molar-refractivity contribution < 1.29 is 14.4 Å². The monoisotopic (exact) mass is 221 g/mol. The van der Waals surface area contributed by atoms with E-state index in [-0.39, 0.29) is 16.9 Å². The molecule has 0 spiro atoms. The lowest BCUT2D eigenvalue weighted by molar-refractivity contribution is 0.0680. The van der Waals surface area contributed by atoms with Gasteiger partial charge in [-0.2, -0.15) is 4.98 Å². The summed E-state index contributed by atoms with van der Waals surface area (Å²) in [4.78, 5) is 28.4. The van der Waals surface area contributed by atoms with Gasteiger partial charge in [-0.15, -0.1) is 0 Å². The fourth-order valence-corrected chi connectivity index (χ4v) is 1.16. The first kappa shape index (κ1) is 10.1. The average Bonchev–Trinajstić information content (AvgIpc) is 2.66. The molecule has 16 heavy (non-hydrogen) atoms. The molecule has 2 aromatic heterocycles. The van der Waals surface area contributed by atoms with Crippen molar-refractivity contribution in [3.8, 4) is 11.5 Å². The maximum Gasteiger partial charge on any atom is 0.377 e. The van der Waals surface area contributed by atoms with Crippen LogP contribution in [0.5, 0.6) is 0 Å². The minimum absolute atomic E-state index is 0.112. The molecular formula is C9H7N3O4. The molecule has 0 aliphatic heterocycles. The van der Waals surface area contributed by atoms with E-state index in [4.69, 9.17) is 5.11 Å². The standard InChI is InChI=1S/C9H7N3O4/c1-4-2-6(13)5(3-10-4)8-11-7(9(14)15)12-16-8/h2-3H,1H3,(H,10,13)(H,14,15). The second kappa shape index (κ2) is 3.61. The van der Waals surface area contributed by atoms with E-state index in [1.165, 1.54) is 12.3 Å². The third-order valence-corrected chi connectivity index (χ3v) is 1.90. The summed E-state index contributed by atoms with van der Waals surface area (Å²) in [5, 5.41) is 11.8. The van der Waals surface area contributed by atoms with Crippen LogP contribution < -0.4 is 5.43 Å². The molecule has 0 bridgehead atoms. The van der Waals surface area contributed by atoms with E-state index in [9.17, 15) is 9.59 Å². The topological polar surface area (TPSA) is 109 Å². The summed E-state index contributed by atoms with van der Waals surface area (Å²) in [5.74, 6) is -1.90. The number of aryl methyl sites for hydroxylation is 1. The number of aromatic amines is 1. The first-order valence-corrected chi connectivity index (χ1v) is 4.34. The number of rotatable bonds is 2. The van der Waals surface area contributed by atoms with Crippen molar-refractivity contribution in [3.63, 3.8) is 0 Å². The first-order chi connectivity index (χ1) is 7.58. The molecule has 7 heteroatoms. The number of nitrogens with zero attached hydrogens (tertiary/aromatic N) is 2. The van der Waals surface area contributed by atoms with Crippen molar-refractivity contribution in [1.82, 2.24) is 15.1 Å². The van der Waals surface area contributed by atoms with Crippen molar-refractivity contribution in [2.75, 3.05) is 0 Å². The van der Waals surface area contributed by atoms with E-state index in [0.29, 0.717) is 5.69 Å². The Bertz CT molecular complexity index is 599. The van der Waals surface area contributed by atoms with E-state index in [2.05, 4.69) is 19.6 Å². The van der Waals surface area contributed by atoms with Crippen LogP contribution in [0, 0.1) is 6.92 Å². The van der Waals surface area contributed by atoms with Crippen LogP contribution in [-0.2, 0) is 0 Å². The molecule has 0 saturated carbocycles. The van der Waals surface area contributed by atoms with Crippen LogP contribution in [-0.4, -0.2) is 26.2 Å². The molecule has 2 heterocycles. The van der Waals surface area contributed by atoms with Gasteiger partial charge in [-0.3, -0.25) is 4.79 Å². The molecule has 0 aliphatic rings. The van der Waals surface area contributed by atoms with Crippen molar-refractivity contribution >= 4 is 5.97 Å². The minimum Gasteiger partial charge on any atom is -0.475 e. The van der Waals surface area contributed by atoms with Gasteiger partial charge in [0.2, 0.25) is 0 Å². The molecule has 0 atom stereocenters. The predicted octanol–water partition coefficient (Wildman–Crippen LogP) is 0.432. The average molecular weight is 221 g/mol. The maximum atomic E-state index is 11.5. The van der Waals surface area contributed by atoms with Gasteiger partial charge in [-0.1, -0.05) is 0 Å². The highest BCUT2D eigenvalue weighted by atomic mass is 16.5. The van der Waals surface area contributed by atoms with Crippen molar-refractivity contribution in [1.29, 1.82) is 0 Å². The fourth-order valence-electron chi connectivity index (χ4n) is 1.16. The number of carbonyl (C=O) groups is 1. The molecule has 0 aliphatic carbocycles. The summed E-state index contributed by atoms with van der Waals surface area (Å²) in [6.07, 6.45) is 1.40. The Kier molecular flexibility index (Phi) is 2.28. The molecule has 0 amide bonds. The second-order valence-corrected chi connectivity index (χ2v) is 3.12. The highest BCUT2D eigenvalue weighted by molar-refractivity contribution is 5.83. The molecule has 0 aromatic carbocycles. The number of carboxylic acid groups (broad SMARTS) is 1. The summed E-state index contributed by atoms with van der Waals surface area (Å²) in [6, 6.07) is 1.36. The Hall–Kier alpha value is -2.44. The van der Waals surface area contributed by atoms with Crippen molar-refractivity contribution in [2.24, 2.45) is 0 Å². The summed E-state index contributed by atoms with van der Waals surface area (Å²) in [6.45, 7) is 1.72. The summed E-state index contributed by atoms with van der Waals surface area (Å²) >= 11 is 0. The Morgan fingerprint density at radius 3 is 2.88 bits per heavy atom. The molecule has 0 fully saturated rings. The predicted molar refractivity (Wildman–Crippen MR) is 52.1 cm³/mol. The van der Waals surface area contributed by atoms with Crippen LogP contribution in [0.4, 0.5) is 0 Å². The zero-order chi connectivity index (χ0) is 11.7. The van der Waals surface area contributed by atoms with Gasteiger partial charge in [-0.25, -0.2) is 4.79 Å². The molecule has 82 valence electrons. The fraction of sp³-hybridized carbons (Fsp3) is 0.111. The normalized spacial score (nSPS) is 10.3. The lowest BCUT2D eigenvalue weighted by Gasteiger charge is -1.94. The quantitative estimate of drug-likeness (QED) is 0.761. The summed E-state index contributed by atoms with van der Waals surface area (Å²) < 4.78 is 4.67. The highest BCUT2D eigenvalue weighted by Gasteiger charge is 2.16. The number of nitrogens with one attached hydrogen (secondary N) is 1. The van der Waals surface area contributed by atoms with E-state index in [1.807, 2.05) is 0 Å². The molecular weight excluding hydrogens is 214 g/mol.